The third-order valence-electron chi connectivity index (χ3n) is 2.24. The van der Waals surface area contributed by atoms with Gasteiger partial charge in [0.2, 0.25) is 0 Å². The van der Waals surface area contributed by atoms with Gasteiger partial charge >= 0.3 is 10.3 Å². The van der Waals surface area contributed by atoms with Gasteiger partial charge in [-0.05, 0) is 12.5 Å². The Morgan fingerprint density at radius 3 is 2.53 bits per heavy atom. The van der Waals surface area contributed by atoms with Crippen LogP contribution >= 0.6 is 11.6 Å². The highest BCUT2D eigenvalue weighted by atomic mass is 35.5. The van der Waals surface area contributed by atoms with Crippen LogP contribution in [-0.4, -0.2) is 19.6 Å². The van der Waals surface area contributed by atoms with E-state index in [9.17, 15) is 13.5 Å². The van der Waals surface area contributed by atoms with Crippen LogP contribution in [0.5, 0.6) is 0 Å². The summed E-state index contributed by atoms with van der Waals surface area (Å²) in [6, 6.07) is 6.60. The maximum Gasteiger partial charge on any atom is 0.333 e. The number of hydrogen-bond donors (Lipinski definition) is 2. The van der Waals surface area contributed by atoms with Crippen molar-refractivity contribution < 1.29 is 17.7 Å². The lowest BCUT2D eigenvalue weighted by atomic mass is 10.0. The second-order valence-corrected chi connectivity index (χ2v) is 5.09. The van der Waals surface area contributed by atoms with E-state index in [1.165, 1.54) is 0 Å². The molecule has 0 bridgehead atoms. The van der Waals surface area contributed by atoms with E-state index < -0.39 is 22.5 Å². The van der Waals surface area contributed by atoms with Gasteiger partial charge in [0.05, 0.1) is 0 Å². The van der Waals surface area contributed by atoms with Crippen molar-refractivity contribution in [3.63, 3.8) is 0 Å². The minimum absolute atomic E-state index is 0.281. The molecule has 1 aromatic carbocycles. The number of aliphatic hydroxyl groups is 1. The second kappa shape index (κ2) is 5.79. The Bertz CT molecular complexity index is 477. The Morgan fingerprint density at radius 2 is 2.06 bits per heavy atom. The smallest absolute Gasteiger partial charge is 0.333 e. The van der Waals surface area contributed by atoms with Crippen molar-refractivity contribution in [1.29, 1.82) is 0 Å². The average Bonchev–Trinajstić information content (AvgIpc) is 2.24. The fraction of sp³-hybridized carbons (Fsp3) is 0.400. The molecule has 17 heavy (non-hydrogen) atoms. The highest BCUT2D eigenvalue weighted by Crippen LogP contribution is 2.28. The van der Waals surface area contributed by atoms with Crippen LogP contribution in [0.1, 0.15) is 25.0 Å². The third-order valence-corrected chi connectivity index (χ3v) is 3.10. The van der Waals surface area contributed by atoms with E-state index in [1.807, 2.05) is 0 Å². The summed E-state index contributed by atoms with van der Waals surface area (Å²) in [5, 5.41) is 15.1. The van der Waals surface area contributed by atoms with Crippen LogP contribution in [0.25, 0.3) is 0 Å². The summed E-state index contributed by atoms with van der Waals surface area (Å²) in [5.41, 5.74) is 0.407. The summed E-state index contributed by atoms with van der Waals surface area (Å²) in [6.45, 7) is 1.68. The molecule has 0 saturated heterocycles. The average molecular weight is 280 g/mol. The van der Waals surface area contributed by atoms with Gasteiger partial charge in [0.25, 0.3) is 0 Å². The van der Waals surface area contributed by atoms with Crippen LogP contribution in [-0.2, 0) is 14.5 Å². The van der Waals surface area contributed by atoms with Gasteiger partial charge in [0, 0.05) is 10.6 Å². The van der Waals surface area contributed by atoms with E-state index in [0.29, 0.717) is 10.6 Å². The van der Waals surface area contributed by atoms with Gasteiger partial charge in [0.1, 0.15) is 12.2 Å². The van der Waals surface area contributed by atoms with Crippen molar-refractivity contribution >= 4 is 21.9 Å². The Morgan fingerprint density at radius 1 is 1.47 bits per heavy atom. The van der Waals surface area contributed by atoms with E-state index >= 15 is 0 Å². The van der Waals surface area contributed by atoms with Crippen molar-refractivity contribution in [3.8, 4) is 0 Å². The summed E-state index contributed by atoms with van der Waals surface area (Å²) in [7, 11) is -4.10. The van der Waals surface area contributed by atoms with Crippen LogP contribution in [0.2, 0.25) is 5.02 Å². The predicted octanol–water partition coefficient (Wildman–Crippen LogP) is 1.37. The third kappa shape index (κ3) is 4.25. The fourth-order valence-corrected chi connectivity index (χ4v) is 2.26. The van der Waals surface area contributed by atoms with Gasteiger partial charge in [-0.2, -0.15) is 8.42 Å². The van der Waals surface area contributed by atoms with Crippen LogP contribution < -0.4 is 5.14 Å². The molecule has 0 radical (unpaired) electrons. The monoisotopic (exact) mass is 279 g/mol. The maximum atomic E-state index is 10.8. The van der Waals surface area contributed by atoms with Crippen molar-refractivity contribution in [3.05, 3.63) is 34.9 Å². The van der Waals surface area contributed by atoms with E-state index in [0.717, 1.165) is 0 Å². The van der Waals surface area contributed by atoms with Crippen LogP contribution in [0.3, 0.4) is 0 Å². The molecule has 0 saturated carbocycles. The number of aliphatic hydroxyl groups excluding tert-OH is 1. The van der Waals surface area contributed by atoms with Gasteiger partial charge < -0.3 is 5.11 Å². The summed E-state index contributed by atoms with van der Waals surface area (Å²) < 4.78 is 26.3. The quantitative estimate of drug-likeness (QED) is 0.852. The van der Waals surface area contributed by atoms with Gasteiger partial charge in [-0.25, -0.2) is 5.14 Å². The lowest BCUT2D eigenvalue weighted by Crippen LogP contribution is -2.28. The molecule has 1 rings (SSSR count). The first-order valence-electron chi connectivity index (χ1n) is 4.98. The molecule has 2 atom stereocenters. The lowest BCUT2D eigenvalue weighted by molar-refractivity contribution is 0.0373. The highest BCUT2D eigenvalue weighted by Gasteiger charge is 2.25. The van der Waals surface area contributed by atoms with Crippen molar-refractivity contribution in [1.82, 2.24) is 0 Å². The first-order chi connectivity index (χ1) is 7.85. The van der Waals surface area contributed by atoms with Gasteiger partial charge in [0.15, 0.2) is 0 Å². The Labute approximate surface area is 105 Å². The Kier molecular flexibility index (Phi) is 4.91. The number of hydrogen-bond acceptors (Lipinski definition) is 4. The molecular formula is C10H14ClNO4S. The SMILES string of the molecule is CC[C@H](OS(N)(=O)=O)[C@@H](O)c1ccccc1Cl. The molecule has 0 heterocycles. The maximum absolute atomic E-state index is 10.8. The molecule has 0 aliphatic heterocycles. The van der Waals surface area contributed by atoms with Crippen LogP contribution in [0.15, 0.2) is 24.3 Å². The Balaban J connectivity index is 2.94. The minimum atomic E-state index is -4.10. The standard InChI is InChI=1S/C10H14ClNO4S/c1-2-9(16-17(12,14)15)10(13)7-5-3-4-6-8(7)11/h3-6,9-10,13H,2H2,1H3,(H2,12,14,15)/t9-,10-/m0/s1. The molecule has 0 aliphatic rings. The van der Waals surface area contributed by atoms with Crippen LogP contribution in [0, 0.1) is 0 Å². The molecule has 1 aromatic rings. The number of rotatable bonds is 5. The second-order valence-electron chi connectivity index (χ2n) is 3.50. The summed E-state index contributed by atoms with van der Waals surface area (Å²) >= 11 is 5.90. The predicted molar refractivity (Wildman–Crippen MR) is 64.7 cm³/mol. The molecule has 0 fully saturated rings. The highest BCUT2D eigenvalue weighted by molar-refractivity contribution is 7.84. The largest absolute Gasteiger partial charge is 0.386 e. The topological polar surface area (TPSA) is 89.6 Å². The van der Waals surface area contributed by atoms with E-state index in [2.05, 4.69) is 4.18 Å². The molecule has 0 aliphatic carbocycles. The number of nitrogens with two attached hydrogens (primary N) is 1. The van der Waals surface area contributed by atoms with E-state index in [-0.39, 0.29) is 6.42 Å². The zero-order chi connectivity index (χ0) is 13.1. The summed E-state index contributed by atoms with van der Waals surface area (Å²) in [5.74, 6) is 0. The summed E-state index contributed by atoms with van der Waals surface area (Å²) in [6.07, 6.45) is -1.82. The molecule has 0 unspecified atom stereocenters. The van der Waals surface area contributed by atoms with Gasteiger partial charge in [-0.1, -0.05) is 36.7 Å². The first kappa shape index (κ1) is 14.4. The molecular weight excluding hydrogens is 266 g/mol. The Hall–Kier alpha value is -0.660. The lowest BCUT2D eigenvalue weighted by Gasteiger charge is -2.21. The van der Waals surface area contributed by atoms with Crippen molar-refractivity contribution in [2.75, 3.05) is 0 Å². The zero-order valence-electron chi connectivity index (χ0n) is 9.21. The van der Waals surface area contributed by atoms with E-state index in [4.69, 9.17) is 16.7 Å². The van der Waals surface area contributed by atoms with Gasteiger partial charge in [-0.3, -0.25) is 4.18 Å². The first-order valence-corrected chi connectivity index (χ1v) is 6.83. The summed E-state index contributed by atoms with van der Waals surface area (Å²) in [4.78, 5) is 0. The molecule has 0 amide bonds. The van der Waals surface area contributed by atoms with Gasteiger partial charge in [-0.15, -0.1) is 0 Å². The van der Waals surface area contributed by atoms with Crippen LogP contribution in [0.4, 0.5) is 0 Å². The number of halogens is 1. The fourth-order valence-electron chi connectivity index (χ4n) is 1.43. The molecule has 96 valence electrons. The molecule has 7 heteroatoms. The normalized spacial score (nSPS) is 15.5. The zero-order valence-corrected chi connectivity index (χ0v) is 10.8. The molecule has 5 nitrogen and oxygen atoms in total. The van der Waals surface area contributed by atoms with E-state index in [1.54, 1.807) is 31.2 Å². The molecule has 0 aromatic heterocycles. The molecule has 3 N–H and O–H groups in total. The van der Waals surface area contributed by atoms with Crippen molar-refractivity contribution in [2.24, 2.45) is 5.14 Å². The van der Waals surface area contributed by atoms with Crippen molar-refractivity contribution in [2.45, 2.75) is 25.6 Å². The minimum Gasteiger partial charge on any atom is -0.386 e. The number of benzene rings is 1. The molecule has 0 spiro atoms.